The van der Waals surface area contributed by atoms with E-state index in [-0.39, 0.29) is 17.7 Å². The van der Waals surface area contributed by atoms with E-state index in [4.69, 9.17) is 4.74 Å². The molecule has 114 valence electrons. The van der Waals surface area contributed by atoms with Gasteiger partial charge in [-0.3, -0.25) is 9.59 Å². The van der Waals surface area contributed by atoms with Gasteiger partial charge < -0.3 is 15.4 Å². The fourth-order valence-corrected chi connectivity index (χ4v) is 2.16. The van der Waals surface area contributed by atoms with Crippen molar-refractivity contribution in [2.45, 2.75) is 32.6 Å². The minimum absolute atomic E-state index is 0.106. The summed E-state index contributed by atoms with van der Waals surface area (Å²) in [7, 11) is 0. The second kappa shape index (κ2) is 7.67. The van der Waals surface area contributed by atoms with Gasteiger partial charge in [-0.1, -0.05) is 12.5 Å². The molecule has 0 unspecified atom stereocenters. The Morgan fingerprint density at radius 1 is 1.33 bits per heavy atom. The summed E-state index contributed by atoms with van der Waals surface area (Å²) in [5.41, 5.74) is 0.721. The Labute approximate surface area is 125 Å². The molecule has 0 saturated heterocycles. The van der Waals surface area contributed by atoms with E-state index in [0.29, 0.717) is 18.9 Å². The van der Waals surface area contributed by atoms with Crippen molar-refractivity contribution < 1.29 is 14.3 Å². The van der Waals surface area contributed by atoms with Gasteiger partial charge in [0.05, 0.1) is 6.61 Å². The minimum atomic E-state index is -0.106. The van der Waals surface area contributed by atoms with E-state index < -0.39 is 0 Å². The standard InChI is InChI=1S/C16H22N2O3/c1-12(19)18-14-7-3-8-15(11-14)21-10-4-9-17-16(20)13-5-2-6-13/h3,7-8,11,13H,2,4-6,9-10H2,1H3,(H,17,20)(H,18,19). The zero-order chi connectivity index (χ0) is 15.1. The summed E-state index contributed by atoms with van der Waals surface area (Å²) in [6.45, 7) is 2.65. The van der Waals surface area contributed by atoms with Crippen molar-refractivity contribution in [3.63, 3.8) is 0 Å². The Morgan fingerprint density at radius 2 is 2.14 bits per heavy atom. The van der Waals surface area contributed by atoms with Crippen LogP contribution in [0.4, 0.5) is 5.69 Å². The number of anilines is 1. The molecule has 1 saturated carbocycles. The summed E-state index contributed by atoms with van der Waals surface area (Å²) < 4.78 is 5.61. The number of ether oxygens (including phenoxy) is 1. The molecule has 0 spiro atoms. The van der Waals surface area contributed by atoms with E-state index >= 15 is 0 Å². The first-order chi connectivity index (χ1) is 10.1. The Morgan fingerprint density at radius 3 is 2.81 bits per heavy atom. The molecule has 5 nitrogen and oxygen atoms in total. The third kappa shape index (κ3) is 5.10. The van der Waals surface area contributed by atoms with Crippen molar-refractivity contribution in [2.24, 2.45) is 5.92 Å². The molecule has 1 aromatic rings. The number of benzene rings is 1. The van der Waals surface area contributed by atoms with E-state index in [1.807, 2.05) is 18.2 Å². The zero-order valence-electron chi connectivity index (χ0n) is 12.4. The van der Waals surface area contributed by atoms with Crippen molar-refractivity contribution in [1.82, 2.24) is 5.32 Å². The zero-order valence-corrected chi connectivity index (χ0v) is 12.4. The third-order valence-corrected chi connectivity index (χ3v) is 3.52. The molecule has 1 aliphatic rings. The lowest BCUT2D eigenvalue weighted by Gasteiger charge is -2.23. The van der Waals surface area contributed by atoms with E-state index in [9.17, 15) is 9.59 Å². The van der Waals surface area contributed by atoms with Gasteiger partial charge in [-0.25, -0.2) is 0 Å². The summed E-state index contributed by atoms with van der Waals surface area (Å²) >= 11 is 0. The summed E-state index contributed by atoms with van der Waals surface area (Å²) in [4.78, 5) is 22.6. The average Bonchev–Trinajstić information content (AvgIpc) is 2.36. The summed E-state index contributed by atoms with van der Waals surface area (Å²) in [6.07, 6.45) is 3.99. The first-order valence-corrected chi connectivity index (χ1v) is 7.43. The third-order valence-electron chi connectivity index (χ3n) is 3.52. The summed E-state index contributed by atoms with van der Waals surface area (Å²) in [5, 5.41) is 5.64. The molecule has 0 aromatic heterocycles. The van der Waals surface area contributed by atoms with Crippen molar-refractivity contribution in [1.29, 1.82) is 0 Å². The number of hydrogen-bond acceptors (Lipinski definition) is 3. The van der Waals surface area contributed by atoms with Crippen LogP contribution in [0.2, 0.25) is 0 Å². The molecule has 1 aliphatic carbocycles. The molecule has 0 aliphatic heterocycles. The van der Waals surface area contributed by atoms with E-state index in [1.54, 1.807) is 6.07 Å². The molecule has 2 amide bonds. The number of nitrogens with one attached hydrogen (secondary N) is 2. The second-order valence-corrected chi connectivity index (χ2v) is 5.33. The maximum atomic E-state index is 11.6. The fraction of sp³-hybridized carbons (Fsp3) is 0.500. The maximum Gasteiger partial charge on any atom is 0.223 e. The fourth-order valence-electron chi connectivity index (χ4n) is 2.16. The van der Waals surface area contributed by atoms with Gasteiger partial charge in [0.2, 0.25) is 11.8 Å². The quantitative estimate of drug-likeness (QED) is 0.757. The summed E-state index contributed by atoms with van der Waals surface area (Å²) in [5.74, 6) is 1.02. The highest BCUT2D eigenvalue weighted by atomic mass is 16.5. The molecule has 2 rings (SSSR count). The molecule has 0 heterocycles. The first-order valence-electron chi connectivity index (χ1n) is 7.43. The first kappa shape index (κ1) is 15.4. The molecule has 21 heavy (non-hydrogen) atoms. The van der Waals surface area contributed by atoms with Crippen molar-refractivity contribution >= 4 is 17.5 Å². The van der Waals surface area contributed by atoms with Gasteiger partial charge in [0, 0.05) is 31.1 Å². The maximum absolute atomic E-state index is 11.6. The highest BCUT2D eigenvalue weighted by molar-refractivity contribution is 5.88. The predicted octanol–water partition coefficient (Wildman–Crippen LogP) is 2.33. The number of carbonyl (C=O) groups excluding carboxylic acids is 2. The van der Waals surface area contributed by atoms with Crippen LogP contribution in [-0.4, -0.2) is 25.0 Å². The second-order valence-electron chi connectivity index (χ2n) is 5.33. The molecule has 1 aromatic carbocycles. The van der Waals surface area contributed by atoms with Crippen molar-refractivity contribution in [3.8, 4) is 5.75 Å². The molecule has 1 fully saturated rings. The smallest absolute Gasteiger partial charge is 0.223 e. The van der Waals surface area contributed by atoms with Crippen LogP contribution in [0.1, 0.15) is 32.6 Å². The lowest BCUT2D eigenvalue weighted by atomic mass is 9.85. The van der Waals surface area contributed by atoms with Gasteiger partial charge in [0.1, 0.15) is 5.75 Å². The molecule has 0 bridgehead atoms. The number of amides is 2. The van der Waals surface area contributed by atoms with Crippen LogP contribution in [0, 0.1) is 5.92 Å². The molecule has 2 N–H and O–H groups in total. The van der Waals surface area contributed by atoms with Crippen LogP contribution in [0.5, 0.6) is 5.75 Å². The Balaban J connectivity index is 1.63. The molecular weight excluding hydrogens is 268 g/mol. The van der Waals surface area contributed by atoms with Crippen molar-refractivity contribution in [2.75, 3.05) is 18.5 Å². The molecule has 5 heteroatoms. The van der Waals surface area contributed by atoms with Gasteiger partial charge in [0.15, 0.2) is 0 Å². The van der Waals surface area contributed by atoms with Crippen LogP contribution in [-0.2, 0) is 9.59 Å². The molecular formula is C16H22N2O3. The monoisotopic (exact) mass is 290 g/mol. The van der Waals surface area contributed by atoms with Crippen LogP contribution in [0.3, 0.4) is 0 Å². The molecule has 0 radical (unpaired) electrons. The van der Waals surface area contributed by atoms with Gasteiger partial charge in [0.25, 0.3) is 0 Å². The van der Waals surface area contributed by atoms with Gasteiger partial charge in [-0.05, 0) is 31.4 Å². The lowest BCUT2D eigenvalue weighted by molar-refractivity contribution is -0.127. The van der Waals surface area contributed by atoms with Crippen LogP contribution in [0.25, 0.3) is 0 Å². The van der Waals surface area contributed by atoms with E-state index in [1.165, 1.54) is 13.3 Å². The van der Waals surface area contributed by atoms with E-state index in [0.717, 1.165) is 24.9 Å². The largest absolute Gasteiger partial charge is 0.493 e. The number of hydrogen-bond donors (Lipinski definition) is 2. The Kier molecular flexibility index (Phi) is 5.60. The van der Waals surface area contributed by atoms with Crippen LogP contribution < -0.4 is 15.4 Å². The molecule has 0 atom stereocenters. The topological polar surface area (TPSA) is 67.4 Å². The van der Waals surface area contributed by atoms with Crippen LogP contribution in [0.15, 0.2) is 24.3 Å². The summed E-state index contributed by atoms with van der Waals surface area (Å²) in [6, 6.07) is 7.28. The predicted molar refractivity (Wildman–Crippen MR) is 81.2 cm³/mol. The lowest BCUT2D eigenvalue weighted by Crippen LogP contribution is -2.35. The minimum Gasteiger partial charge on any atom is -0.493 e. The van der Waals surface area contributed by atoms with Gasteiger partial charge in [-0.2, -0.15) is 0 Å². The Hall–Kier alpha value is -2.04. The average molecular weight is 290 g/mol. The Bertz CT molecular complexity index is 498. The highest BCUT2D eigenvalue weighted by Gasteiger charge is 2.24. The normalized spacial score (nSPS) is 14.1. The highest BCUT2D eigenvalue weighted by Crippen LogP contribution is 2.26. The van der Waals surface area contributed by atoms with E-state index in [2.05, 4.69) is 10.6 Å². The van der Waals surface area contributed by atoms with Crippen molar-refractivity contribution in [3.05, 3.63) is 24.3 Å². The number of rotatable bonds is 7. The van der Waals surface area contributed by atoms with Gasteiger partial charge >= 0.3 is 0 Å². The number of carbonyl (C=O) groups is 2. The van der Waals surface area contributed by atoms with Crippen LogP contribution >= 0.6 is 0 Å². The van der Waals surface area contributed by atoms with Gasteiger partial charge in [-0.15, -0.1) is 0 Å². The SMILES string of the molecule is CC(=O)Nc1cccc(OCCCNC(=O)C2CCC2)c1.